The molecule has 0 bridgehead atoms. The molecule has 0 unspecified atom stereocenters. The number of rotatable bonds is 3. The van der Waals surface area contributed by atoms with Crippen molar-refractivity contribution in [1.29, 1.82) is 5.26 Å². The summed E-state index contributed by atoms with van der Waals surface area (Å²) < 4.78 is 1.82. The van der Waals surface area contributed by atoms with Crippen LogP contribution in [0.1, 0.15) is 27.3 Å². The van der Waals surface area contributed by atoms with Crippen molar-refractivity contribution in [3.05, 3.63) is 71.0 Å². The average Bonchev–Trinajstić information content (AvgIpc) is 2.93. The number of carboxylic acids is 1. The Bertz CT molecular complexity index is 946. The van der Waals surface area contributed by atoms with Crippen LogP contribution < -0.4 is 0 Å². The van der Waals surface area contributed by atoms with E-state index in [9.17, 15) is 9.90 Å². The van der Waals surface area contributed by atoms with Crippen LogP contribution in [0.2, 0.25) is 0 Å². The van der Waals surface area contributed by atoms with Gasteiger partial charge in [-0.15, -0.1) is 0 Å². The minimum Gasteiger partial charge on any atom is -0.476 e. The molecule has 0 spiro atoms. The number of nitrogens with zero attached hydrogens (tertiary/aromatic N) is 3. The minimum atomic E-state index is -1.06. The molecule has 3 rings (SSSR count). The van der Waals surface area contributed by atoms with Gasteiger partial charge >= 0.3 is 5.97 Å². The Morgan fingerprint density at radius 3 is 2.25 bits per heavy atom. The summed E-state index contributed by atoms with van der Waals surface area (Å²) in [4.78, 5) is 15.8. The maximum Gasteiger partial charge on any atom is 0.356 e. The topological polar surface area (TPSA) is 78.9 Å². The van der Waals surface area contributed by atoms with Crippen molar-refractivity contribution in [1.82, 2.24) is 9.55 Å². The van der Waals surface area contributed by atoms with Gasteiger partial charge in [0.2, 0.25) is 0 Å². The van der Waals surface area contributed by atoms with Crippen molar-refractivity contribution >= 4 is 5.97 Å². The number of benzene rings is 2. The normalized spacial score (nSPS) is 10.4. The molecule has 0 fully saturated rings. The van der Waals surface area contributed by atoms with Crippen LogP contribution in [-0.4, -0.2) is 20.6 Å². The van der Waals surface area contributed by atoms with Crippen LogP contribution in [0.25, 0.3) is 17.1 Å². The van der Waals surface area contributed by atoms with Crippen LogP contribution in [0, 0.1) is 25.2 Å². The van der Waals surface area contributed by atoms with E-state index in [1.807, 2.05) is 35.8 Å². The first-order chi connectivity index (χ1) is 11.5. The molecule has 1 heterocycles. The molecule has 1 aromatic heterocycles. The molecule has 2 aromatic carbocycles. The third kappa shape index (κ3) is 2.66. The van der Waals surface area contributed by atoms with Crippen molar-refractivity contribution in [2.75, 3.05) is 0 Å². The third-order valence-electron chi connectivity index (χ3n) is 3.87. The Labute approximate surface area is 139 Å². The van der Waals surface area contributed by atoms with E-state index in [0.29, 0.717) is 17.1 Å². The largest absolute Gasteiger partial charge is 0.476 e. The lowest BCUT2D eigenvalue weighted by Gasteiger charge is -2.11. The van der Waals surface area contributed by atoms with E-state index < -0.39 is 5.97 Å². The zero-order valence-corrected chi connectivity index (χ0v) is 13.3. The number of hydrogen-bond donors (Lipinski definition) is 1. The van der Waals surface area contributed by atoms with Gasteiger partial charge in [0.15, 0.2) is 5.69 Å². The van der Waals surface area contributed by atoms with Crippen molar-refractivity contribution in [2.24, 2.45) is 0 Å². The molecule has 0 aliphatic carbocycles. The summed E-state index contributed by atoms with van der Waals surface area (Å²) >= 11 is 0. The number of carbonyl (C=O) groups is 1. The number of nitriles is 1. The molecule has 0 aliphatic rings. The van der Waals surface area contributed by atoms with Gasteiger partial charge in [-0.25, -0.2) is 9.78 Å². The lowest BCUT2D eigenvalue weighted by atomic mass is 10.1. The minimum absolute atomic E-state index is 0.0231. The summed E-state index contributed by atoms with van der Waals surface area (Å²) in [5, 5.41) is 18.3. The molecule has 3 aromatic rings. The molecular weight excluding hydrogens is 302 g/mol. The van der Waals surface area contributed by atoms with Gasteiger partial charge in [0.25, 0.3) is 0 Å². The van der Waals surface area contributed by atoms with Crippen molar-refractivity contribution in [2.45, 2.75) is 13.8 Å². The van der Waals surface area contributed by atoms with Crippen LogP contribution >= 0.6 is 0 Å². The first-order valence-electron chi connectivity index (χ1n) is 7.41. The van der Waals surface area contributed by atoms with Gasteiger partial charge in [0, 0.05) is 11.3 Å². The maximum absolute atomic E-state index is 11.5. The van der Waals surface area contributed by atoms with Gasteiger partial charge in [0.05, 0.1) is 17.3 Å². The standard InChI is InChI=1S/C19H15N3O2/c1-12-3-9-16(10-4-12)22-13(2)17(19(23)24)21-18(22)15-7-5-14(11-20)6-8-15/h3-10H,1-2H3,(H,23,24). The highest BCUT2D eigenvalue weighted by atomic mass is 16.4. The van der Waals surface area contributed by atoms with Crippen molar-refractivity contribution in [3.63, 3.8) is 0 Å². The highest BCUT2D eigenvalue weighted by molar-refractivity contribution is 5.88. The Hall–Kier alpha value is -3.39. The molecule has 1 N–H and O–H groups in total. The maximum atomic E-state index is 11.5. The summed E-state index contributed by atoms with van der Waals surface area (Å²) in [6.45, 7) is 3.73. The molecule has 0 atom stereocenters. The Morgan fingerprint density at radius 2 is 1.71 bits per heavy atom. The van der Waals surface area contributed by atoms with Crippen LogP contribution in [0.15, 0.2) is 48.5 Å². The van der Waals surface area contributed by atoms with Crippen LogP contribution in [0.5, 0.6) is 0 Å². The fourth-order valence-corrected chi connectivity index (χ4v) is 2.60. The van der Waals surface area contributed by atoms with Crippen molar-refractivity contribution in [3.8, 4) is 23.1 Å². The fourth-order valence-electron chi connectivity index (χ4n) is 2.60. The van der Waals surface area contributed by atoms with Gasteiger partial charge < -0.3 is 5.11 Å². The van der Waals surface area contributed by atoms with Gasteiger partial charge in [-0.05, 0) is 50.2 Å². The van der Waals surface area contributed by atoms with Gasteiger partial charge in [0.1, 0.15) is 5.82 Å². The molecule has 0 aliphatic heterocycles. The number of aromatic nitrogens is 2. The highest BCUT2D eigenvalue weighted by Gasteiger charge is 2.21. The fraction of sp³-hybridized carbons (Fsp3) is 0.105. The van der Waals surface area contributed by atoms with Gasteiger partial charge in [-0.2, -0.15) is 5.26 Å². The Morgan fingerprint density at radius 1 is 1.08 bits per heavy atom. The van der Waals surface area contributed by atoms with Crippen LogP contribution in [0.3, 0.4) is 0 Å². The lowest BCUT2D eigenvalue weighted by molar-refractivity contribution is 0.0690. The molecule has 5 nitrogen and oxygen atoms in total. The quantitative estimate of drug-likeness (QED) is 0.798. The summed E-state index contributed by atoms with van der Waals surface area (Å²) in [7, 11) is 0. The van der Waals surface area contributed by atoms with Crippen LogP contribution in [0.4, 0.5) is 0 Å². The summed E-state index contributed by atoms with van der Waals surface area (Å²) in [5.41, 5.74) is 3.85. The Balaban J connectivity index is 2.24. The number of carboxylic acid groups (broad SMARTS) is 1. The Kier molecular flexibility index (Phi) is 3.88. The van der Waals surface area contributed by atoms with E-state index in [4.69, 9.17) is 5.26 Å². The predicted molar refractivity (Wildman–Crippen MR) is 90.1 cm³/mol. The number of aromatic carboxylic acids is 1. The first-order valence-corrected chi connectivity index (χ1v) is 7.41. The predicted octanol–water partition coefficient (Wildman–Crippen LogP) is 3.73. The summed E-state index contributed by atoms with van der Waals surface area (Å²) in [6.07, 6.45) is 0. The molecule has 0 amide bonds. The first kappa shape index (κ1) is 15.5. The second-order valence-corrected chi connectivity index (χ2v) is 5.53. The van der Waals surface area contributed by atoms with Gasteiger partial charge in [-0.1, -0.05) is 17.7 Å². The van der Waals surface area contributed by atoms with E-state index >= 15 is 0 Å². The zero-order valence-electron chi connectivity index (χ0n) is 13.3. The lowest BCUT2D eigenvalue weighted by Crippen LogP contribution is -2.02. The molecule has 5 heteroatoms. The second kappa shape index (κ2) is 6.01. The molecule has 0 radical (unpaired) electrons. The highest BCUT2D eigenvalue weighted by Crippen LogP contribution is 2.27. The zero-order chi connectivity index (χ0) is 17.3. The molecule has 24 heavy (non-hydrogen) atoms. The summed E-state index contributed by atoms with van der Waals surface area (Å²) in [5.74, 6) is -0.522. The molecular formula is C19H15N3O2. The smallest absolute Gasteiger partial charge is 0.356 e. The SMILES string of the molecule is Cc1ccc(-n2c(-c3ccc(C#N)cc3)nc(C(=O)O)c2C)cc1. The second-order valence-electron chi connectivity index (χ2n) is 5.53. The van der Waals surface area contributed by atoms with Crippen LogP contribution in [-0.2, 0) is 0 Å². The number of aryl methyl sites for hydroxylation is 1. The van der Waals surface area contributed by atoms with E-state index in [0.717, 1.165) is 16.8 Å². The van der Waals surface area contributed by atoms with Crippen molar-refractivity contribution < 1.29 is 9.90 Å². The van der Waals surface area contributed by atoms with E-state index in [2.05, 4.69) is 11.1 Å². The van der Waals surface area contributed by atoms with E-state index in [1.165, 1.54) is 0 Å². The molecule has 0 saturated heterocycles. The molecule has 0 saturated carbocycles. The third-order valence-corrected chi connectivity index (χ3v) is 3.87. The number of hydrogen-bond acceptors (Lipinski definition) is 3. The number of imidazole rings is 1. The average molecular weight is 317 g/mol. The van der Waals surface area contributed by atoms with Gasteiger partial charge in [-0.3, -0.25) is 4.57 Å². The summed E-state index contributed by atoms with van der Waals surface area (Å²) in [6, 6.07) is 16.8. The molecule has 118 valence electrons. The van der Waals surface area contributed by atoms with E-state index in [1.54, 1.807) is 31.2 Å². The van der Waals surface area contributed by atoms with E-state index in [-0.39, 0.29) is 5.69 Å². The monoisotopic (exact) mass is 317 g/mol.